The molecule has 3 amide bonds. The molecule has 0 spiro atoms. The van der Waals surface area contributed by atoms with E-state index in [1.54, 1.807) is 11.8 Å². The van der Waals surface area contributed by atoms with Gasteiger partial charge in [0, 0.05) is 19.6 Å². The van der Waals surface area contributed by atoms with Gasteiger partial charge in [-0.1, -0.05) is 0 Å². The zero-order valence-corrected chi connectivity index (χ0v) is 10.3. The molecule has 18 heavy (non-hydrogen) atoms. The van der Waals surface area contributed by atoms with Crippen molar-refractivity contribution in [3.05, 3.63) is 0 Å². The number of primary amides is 1. The lowest BCUT2D eigenvalue weighted by Gasteiger charge is -2.33. The minimum absolute atomic E-state index is 0.0614. The molecule has 1 aliphatic rings. The number of alkyl carbamates (subject to hydrolysis) is 1. The van der Waals surface area contributed by atoms with Crippen molar-refractivity contribution >= 4 is 17.9 Å². The highest BCUT2D eigenvalue weighted by Gasteiger charge is 2.28. The fourth-order valence-electron chi connectivity index (χ4n) is 1.72. The summed E-state index contributed by atoms with van der Waals surface area (Å²) in [5.41, 5.74) is 5.24. The van der Waals surface area contributed by atoms with Crippen molar-refractivity contribution in [3.63, 3.8) is 0 Å². The summed E-state index contributed by atoms with van der Waals surface area (Å²) in [5, 5.41) is 5.09. The van der Waals surface area contributed by atoms with Crippen LogP contribution >= 0.6 is 0 Å². The second kappa shape index (κ2) is 6.92. The summed E-state index contributed by atoms with van der Waals surface area (Å²) in [6.45, 7) is 3.36. The first kappa shape index (κ1) is 14.4. The van der Waals surface area contributed by atoms with Gasteiger partial charge >= 0.3 is 6.09 Å². The number of nitrogens with one attached hydrogen (secondary N) is 2. The molecule has 1 unspecified atom stereocenters. The number of amides is 3. The van der Waals surface area contributed by atoms with Crippen molar-refractivity contribution in [3.8, 4) is 0 Å². The Morgan fingerprint density at radius 1 is 1.50 bits per heavy atom. The van der Waals surface area contributed by atoms with Crippen molar-refractivity contribution in [2.24, 2.45) is 5.73 Å². The fraction of sp³-hybridized carbons (Fsp3) is 0.700. The van der Waals surface area contributed by atoms with Crippen molar-refractivity contribution < 1.29 is 19.1 Å². The van der Waals surface area contributed by atoms with E-state index < -0.39 is 23.9 Å². The second-order valence-corrected chi connectivity index (χ2v) is 3.86. The van der Waals surface area contributed by atoms with Gasteiger partial charge in [-0.2, -0.15) is 0 Å². The highest BCUT2D eigenvalue weighted by atomic mass is 16.5. The van der Waals surface area contributed by atoms with E-state index in [4.69, 9.17) is 5.73 Å². The number of imide groups is 1. The average molecular weight is 258 g/mol. The number of carbonyl (C=O) groups is 3. The summed E-state index contributed by atoms with van der Waals surface area (Å²) in [6, 6.07) is -0.535. The van der Waals surface area contributed by atoms with E-state index in [2.05, 4.69) is 15.4 Å². The van der Waals surface area contributed by atoms with Crippen LogP contribution in [0, 0.1) is 0 Å². The summed E-state index contributed by atoms with van der Waals surface area (Å²) < 4.78 is 4.58. The summed E-state index contributed by atoms with van der Waals surface area (Å²) >= 11 is 0. The van der Waals surface area contributed by atoms with Crippen LogP contribution in [0.3, 0.4) is 0 Å². The van der Waals surface area contributed by atoms with Gasteiger partial charge in [0.1, 0.15) is 6.04 Å². The van der Waals surface area contributed by atoms with Crippen molar-refractivity contribution in [1.29, 1.82) is 0 Å². The molecule has 0 aliphatic carbocycles. The van der Waals surface area contributed by atoms with Crippen LogP contribution in [0.1, 0.15) is 6.92 Å². The van der Waals surface area contributed by atoms with Crippen LogP contribution in [0.15, 0.2) is 0 Å². The number of nitrogens with zero attached hydrogens (tertiary/aromatic N) is 1. The minimum Gasteiger partial charge on any atom is -0.450 e. The standard InChI is InChI=1S/C10H18N4O4/c1-2-18-10(17)13-8(15)6-14-4-3-12-5-7(14)9(11)16/h7,12H,2-6H2,1H3,(H2,11,16)(H,13,15,17). The van der Waals surface area contributed by atoms with Crippen LogP contribution in [0.5, 0.6) is 0 Å². The van der Waals surface area contributed by atoms with Gasteiger partial charge in [-0.3, -0.25) is 19.8 Å². The number of hydrogen-bond acceptors (Lipinski definition) is 6. The molecule has 8 heteroatoms. The SMILES string of the molecule is CCOC(=O)NC(=O)CN1CCNCC1C(N)=O. The van der Waals surface area contributed by atoms with E-state index in [-0.39, 0.29) is 13.2 Å². The zero-order chi connectivity index (χ0) is 13.5. The monoisotopic (exact) mass is 258 g/mol. The topological polar surface area (TPSA) is 114 Å². The normalized spacial score (nSPS) is 20.2. The molecular formula is C10H18N4O4. The molecule has 1 atom stereocenters. The number of rotatable bonds is 4. The molecule has 0 aromatic heterocycles. The Balaban J connectivity index is 2.46. The van der Waals surface area contributed by atoms with E-state index in [0.29, 0.717) is 19.6 Å². The molecule has 102 valence electrons. The Labute approximate surface area is 105 Å². The maximum atomic E-state index is 11.5. The van der Waals surface area contributed by atoms with Crippen LogP contribution in [-0.4, -0.2) is 61.6 Å². The third-order valence-corrected chi connectivity index (χ3v) is 2.55. The molecule has 0 bridgehead atoms. The van der Waals surface area contributed by atoms with E-state index in [1.807, 2.05) is 0 Å². The molecule has 1 fully saturated rings. The molecule has 0 aromatic carbocycles. The number of piperazine rings is 1. The zero-order valence-electron chi connectivity index (χ0n) is 10.3. The van der Waals surface area contributed by atoms with Gasteiger partial charge in [0.15, 0.2) is 0 Å². The predicted molar refractivity (Wildman–Crippen MR) is 62.6 cm³/mol. The Kier molecular flexibility index (Phi) is 5.53. The first-order valence-corrected chi connectivity index (χ1v) is 5.75. The second-order valence-electron chi connectivity index (χ2n) is 3.86. The highest BCUT2D eigenvalue weighted by molar-refractivity contribution is 5.93. The molecule has 1 heterocycles. The van der Waals surface area contributed by atoms with Crippen LogP contribution < -0.4 is 16.4 Å². The Bertz CT molecular complexity index is 334. The first-order chi connectivity index (χ1) is 8.54. The number of ether oxygens (including phenoxy) is 1. The van der Waals surface area contributed by atoms with Crippen LogP contribution in [0.25, 0.3) is 0 Å². The Morgan fingerprint density at radius 3 is 2.83 bits per heavy atom. The van der Waals surface area contributed by atoms with Gasteiger partial charge in [-0.15, -0.1) is 0 Å². The van der Waals surface area contributed by atoms with E-state index in [9.17, 15) is 14.4 Å². The van der Waals surface area contributed by atoms with Crippen LogP contribution in [0.2, 0.25) is 0 Å². The molecular weight excluding hydrogens is 240 g/mol. The van der Waals surface area contributed by atoms with Gasteiger partial charge in [0.05, 0.1) is 13.2 Å². The lowest BCUT2D eigenvalue weighted by atomic mass is 10.2. The number of hydrogen-bond donors (Lipinski definition) is 3. The molecule has 1 rings (SSSR count). The third-order valence-electron chi connectivity index (χ3n) is 2.55. The molecule has 0 radical (unpaired) electrons. The summed E-state index contributed by atoms with van der Waals surface area (Å²) in [7, 11) is 0. The van der Waals surface area contributed by atoms with E-state index in [1.165, 1.54) is 0 Å². The summed E-state index contributed by atoms with van der Waals surface area (Å²) in [5.74, 6) is -1.01. The average Bonchev–Trinajstić information content (AvgIpc) is 2.29. The van der Waals surface area contributed by atoms with Gasteiger partial charge < -0.3 is 15.8 Å². The summed E-state index contributed by atoms with van der Waals surface area (Å²) in [4.78, 5) is 35.4. The lowest BCUT2D eigenvalue weighted by Crippen LogP contribution is -2.59. The largest absolute Gasteiger partial charge is 0.450 e. The van der Waals surface area contributed by atoms with Crippen LogP contribution in [0.4, 0.5) is 4.79 Å². The van der Waals surface area contributed by atoms with E-state index >= 15 is 0 Å². The number of carbonyl (C=O) groups excluding carboxylic acids is 3. The fourth-order valence-corrected chi connectivity index (χ4v) is 1.72. The first-order valence-electron chi connectivity index (χ1n) is 5.75. The maximum absolute atomic E-state index is 11.5. The predicted octanol–water partition coefficient (Wildman–Crippen LogP) is -1.98. The molecule has 8 nitrogen and oxygen atoms in total. The quantitative estimate of drug-likeness (QED) is 0.538. The van der Waals surface area contributed by atoms with Crippen molar-refractivity contribution in [2.75, 3.05) is 32.8 Å². The minimum atomic E-state index is -0.784. The lowest BCUT2D eigenvalue weighted by molar-refractivity contribution is -0.127. The number of nitrogens with two attached hydrogens (primary N) is 1. The molecule has 1 aliphatic heterocycles. The molecule has 0 saturated carbocycles. The smallest absolute Gasteiger partial charge is 0.413 e. The van der Waals surface area contributed by atoms with Gasteiger partial charge in [0.25, 0.3) is 0 Å². The third kappa shape index (κ3) is 4.30. The Hall–Kier alpha value is -1.67. The Morgan fingerprint density at radius 2 is 2.22 bits per heavy atom. The maximum Gasteiger partial charge on any atom is 0.413 e. The van der Waals surface area contributed by atoms with Gasteiger partial charge in [-0.05, 0) is 6.92 Å². The van der Waals surface area contributed by atoms with Gasteiger partial charge in [0.2, 0.25) is 11.8 Å². The van der Waals surface area contributed by atoms with E-state index in [0.717, 1.165) is 0 Å². The van der Waals surface area contributed by atoms with Gasteiger partial charge in [-0.25, -0.2) is 4.79 Å². The highest BCUT2D eigenvalue weighted by Crippen LogP contribution is 2.02. The van der Waals surface area contributed by atoms with Crippen molar-refractivity contribution in [1.82, 2.24) is 15.5 Å². The molecule has 1 saturated heterocycles. The summed E-state index contributed by atoms with van der Waals surface area (Å²) in [6.07, 6.45) is -0.784. The van der Waals surface area contributed by atoms with Crippen molar-refractivity contribution in [2.45, 2.75) is 13.0 Å². The van der Waals surface area contributed by atoms with Crippen LogP contribution in [-0.2, 0) is 14.3 Å². The molecule has 4 N–H and O–H groups in total. The molecule has 0 aromatic rings.